The number of carbonyl (C=O) groups is 1. The highest BCUT2D eigenvalue weighted by molar-refractivity contribution is 5.97. The topological polar surface area (TPSA) is 38.8 Å². The molecule has 2 rings (SSSR count). The van der Waals surface area contributed by atoms with Crippen molar-refractivity contribution in [2.45, 2.75) is 6.92 Å². The molecule has 0 aliphatic carbocycles. The Labute approximate surface area is 101 Å². The van der Waals surface area contributed by atoms with Gasteiger partial charge in [0.1, 0.15) is 5.75 Å². The quantitative estimate of drug-likeness (QED) is 0.779. The van der Waals surface area contributed by atoms with E-state index in [1.165, 1.54) is 0 Å². The molecule has 1 amide bonds. The predicted octanol–water partition coefficient (Wildman–Crippen LogP) is 1.48. The van der Waals surface area contributed by atoms with Gasteiger partial charge >= 0.3 is 0 Å². The molecule has 0 saturated carbocycles. The first-order valence-corrected chi connectivity index (χ1v) is 5.74. The molecule has 0 radical (unpaired) electrons. The molecule has 0 aromatic heterocycles. The predicted molar refractivity (Wildman–Crippen MR) is 64.5 cm³/mol. The minimum atomic E-state index is 0.0221. The zero-order valence-corrected chi connectivity index (χ0v) is 10.2. The summed E-state index contributed by atoms with van der Waals surface area (Å²) in [6.07, 6.45) is 0. The van der Waals surface area contributed by atoms with Crippen molar-refractivity contribution in [3.63, 3.8) is 0 Å². The highest BCUT2D eigenvalue weighted by atomic mass is 16.5. The maximum atomic E-state index is 12.3. The van der Waals surface area contributed by atoms with Gasteiger partial charge in [-0.25, -0.2) is 0 Å². The second kappa shape index (κ2) is 5.19. The van der Waals surface area contributed by atoms with E-state index in [0.717, 1.165) is 5.56 Å². The first kappa shape index (κ1) is 11.9. The van der Waals surface area contributed by atoms with Crippen LogP contribution in [-0.4, -0.2) is 44.2 Å². The standard InChI is InChI=1S/C13H17NO3/c1-10-4-3-5-11(12(10)16-2)13(15)14-6-8-17-9-7-14/h3-5H,6-9H2,1-2H3. The monoisotopic (exact) mass is 235 g/mol. The number of benzene rings is 1. The van der Waals surface area contributed by atoms with E-state index < -0.39 is 0 Å². The fraction of sp³-hybridized carbons (Fsp3) is 0.462. The van der Waals surface area contributed by atoms with Crippen molar-refractivity contribution in [2.24, 2.45) is 0 Å². The summed E-state index contributed by atoms with van der Waals surface area (Å²) in [6, 6.07) is 5.63. The molecular formula is C13H17NO3. The Balaban J connectivity index is 2.26. The summed E-state index contributed by atoms with van der Waals surface area (Å²) in [7, 11) is 1.60. The third-order valence-corrected chi connectivity index (χ3v) is 2.94. The van der Waals surface area contributed by atoms with Gasteiger partial charge < -0.3 is 14.4 Å². The lowest BCUT2D eigenvalue weighted by molar-refractivity contribution is 0.0301. The molecule has 1 aromatic rings. The lowest BCUT2D eigenvalue weighted by atomic mass is 10.1. The Morgan fingerprint density at radius 3 is 2.71 bits per heavy atom. The Morgan fingerprint density at radius 1 is 1.35 bits per heavy atom. The van der Waals surface area contributed by atoms with Crippen LogP contribution in [0.2, 0.25) is 0 Å². The third kappa shape index (κ3) is 2.42. The highest BCUT2D eigenvalue weighted by Gasteiger charge is 2.22. The van der Waals surface area contributed by atoms with Crippen LogP contribution in [0.1, 0.15) is 15.9 Å². The van der Waals surface area contributed by atoms with E-state index in [0.29, 0.717) is 37.6 Å². The van der Waals surface area contributed by atoms with Crippen LogP contribution in [0.3, 0.4) is 0 Å². The Morgan fingerprint density at radius 2 is 2.06 bits per heavy atom. The Hall–Kier alpha value is -1.55. The van der Waals surface area contributed by atoms with E-state index in [9.17, 15) is 4.79 Å². The molecule has 1 aliphatic heterocycles. The molecular weight excluding hydrogens is 218 g/mol. The summed E-state index contributed by atoms with van der Waals surface area (Å²) < 4.78 is 10.6. The molecule has 1 saturated heterocycles. The maximum Gasteiger partial charge on any atom is 0.257 e. The van der Waals surface area contributed by atoms with Crippen molar-refractivity contribution in [3.05, 3.63) is 29.3 Å². The fourth-order valence-corrected chi connectivity index (χ4v) is 2.03. The van der Waals surface area contributed by atoms with Crippen LogP contribution in [0.25, 0.3) is 0 Å². The second-order valence-corrected chi connectivity index (χ2v) is 4.06. The van der Waals surface area contributed by atoms with Gasteiger partial charge in [0.05, 0.1) is 25.9 Å². The molecule has 0 bridgehead atoms. The zero-order chi connectivity index (χ0) is 12.3. The van der Waals surface area contributed by atoms with Gasteiger partial charge in [-0.1, -0.05) is 12.1 Å². The average molecular weight is 235 g/mol. The number of para-hydroxylation sites is 1. The lowest BCUT2D eigenvalue weighted by Crippen LogP contribution is -2.40. The van der Waals surface area contributed by atoms with Crippen molar-refractivity contribution in [3.8, 4) is 5.75 Å². The molecule has 1 heterocycles. The van der Waals surface area contributed by atoms with Gasteiger partial charge in [0.15, 0.2) is 0 Å². The van der Waals surface area contributed by atoms with Crippen LogP contribution in [0.5, 0.6) is 5.75 Å². The van der Waals surface area contributed by atoms with Crippen molar-refractivity contribution >= 4 is 5.91 Å². The molecule has 4 nitrogen and oxygen atoms in total. The zero-order valence-electron chi connectivity index (χ0n) is 10.2. The summed E-state index contributed by atoms with van der Waals surface area (Å²) in [6.45, 7) is 4.46. The first-order valence-electron chi connectivity index (χ1n) is 5.74. The fourth-order valence-electron chi connectivity index (χ4n) is 2.03. The summed E-state index contributed by atoms with van der Waals surface area (Å²) in [5.74, 6) is 0.692. The van der Waals surface area contributed by atoms with Gasteiger partial charge in [-0.05, 0) is 18.6 Å². The van der Waals surface area contributed by atoms with Crippen LogP contribution < -0.4 is 4.74 Å². The van der Waals surface area contributed by atoms with Crippen LogP contribution in [0.4, 0.5) is 0 Å². The van der Waals surface area contributed by atoms with Gasteiger partial charge in [0.2, 0.25) is 0 Å². The Bertz CT molecular complexity index is 411. The van der Waals surface area contributed by atoms with Crippen molar-refractivity contribution in [2.75, 3.05) is 33.4 Å². The Kier molecular flexibility index (Phi) is 3.64. The first-order chi connectivity index (χ1) is 8.24. The summed E-state index contributed by atoms with van der Waals surface area (Å²) >= 11 is 0. The number of carbonyl (C=O) groups excluding carboxylic acids is 1. The number of amides is 1. The van der Waals surface area contributed by atoms with Crippen molar-refractivity contribution in [1.29, 1.82) is 0 Å². The van der Waals surface area contributed by atoms with E-state index in [2.05, 4.69) is 0 Å². The lowest BCUT2D eigenvalue weighted by Gasteiger charge is -2.27. The minimum absolute atomic E-state index is 0.0221. The number of aryl methyl sites for hydroxylation is 1. The van der Waals surface area contributed by atoms with Gasteiger partial charge in [-0.2, -0.15) is 0 Å². The van der Waals surface area contributed by atoms with E-state index in [4.69, 9.17) is 9.47 Å². The molecule has 17 heavy (non-hydrogen) atoms. The smallest absolute Gasteiger partial charge is 0.257 e. The number of morpholine rings is 1. The van der Waals surface area contributed by atoms with E-state index in [-0.39, 0.29) is 5.91 Å². The highest BCUT2D eigenvalue weighted by Crippen LogP contribution is 2.24. The summed E-state index contributed by atoms with van der Waals surface area (Å²) in [5, 5.41) is 0. The van der Waals surface area contributed by atoms with Crippen LogP contribution in [0, 0.1) is 6.92 Å². The maximum absolute atomic E-state index is 12.3. The number of hydrogen-bond donors (Lipinski definition) is 0. The van der Waals surface area contributed by atoms with Crippen molar-refractivity contribution < 1.29 is 14.3 Å². The normalized spacial score (nSPS) is 15.8. The third-order valence-electron chi connectivity index (χ3n) is 2.94. The van der Waals surface area contributed by atoms with E-state index in [1.54, 1.807) is 12.0 Å². The summed E-state index contributed by atoms with van der Waals surface area (Å²) in [5.41, 5.74) is 1.61. The number of methoxy groups -OCH3 is 1. The molecule has 4 heteroatoms. The minimum Gasteiger partial charge on any atom is -0.496 e. The van der Waals surface area contributed by atoms with Gasteiger partial charge in [0.25, 0.3) is 5.91 Å². The number of nitrogens with zero attached hydrogens (tertiary/aromatic N) is 1. The van der Waals surface area contributed by atoms with E-state index >= 15 is 0 Å². The number of ether oxygens (including phenoxy) is 2. The van der Waals surface area contributed by atoms with Gasteiger partial charge in [-0.3, -0.25) is 4.79 Å². The number of rotatable bonds is 2. The second-order valence-electron chi connectivity index (χ2n) is 4.06. The number of hydrogen-bond acceptors (Lipinski definition) is 3. The molecule has 92 valence electrons. The molecule has 0 N–H and O–H groups in total. The molecule has 1 aliphatic rings. The molecule has 1 aromatic carbocycles. The van der Waals surface area contributed by atoms with Crippen molar-refractivity contribution in [1.82, 2.24) is 4.90 Å². The van der Waals surface area contributed by atoms with Crippen LogP contribution in [0.15, 0.2) is 18.2 Å². The van der Waals surface area contributed by atoms with Gasteiger partial charge in [0, 0.05) is 13.1 Å². The van der Waals surface area contributed by atoms with E-state index in [1.807, 2.05) is 25.1 Å². The largest absolute Gasteiger partial charge is 0.496 e. The SMILES string of the molecule is COc1c(C)cccc1C(=O)N1CCOCC1. The molecule has 0 unspecified atom stereocenters. The van der Waals surface area contributed by atoms with Gasteiger partial charge in [-0.15, -0.1) is 0 Å². The van der Waals surface area contributed by atoms with Crippen LogP contribution >= 0.6 is 0 Å². The molecule has 0 spiro atoms. The molecule has 0 atom stereocenters. The average Bonchev–Trinajstić information content (AvgIpc) is 2.38. The van der Waals surface area contributed by atoms with Crippen LogP contribution in [-0.2, 0) is 4.74 Å². The summed E-state index contributed by atoms with van der Waals surface area (Å²) in [4.78, 5) is 14.1. The molecule has 1 fully saturated rings.